The Morgan fingerprint density at radius 2 is 1.41 bits per heavy atom. The topological polar surface area (TPSA) is 120 Å². The van der Waals surface area contributed by atoms with Gasteiger partial charge in [-0.2, -0.15) is 5.10 Å². The molecule has 1 N–H and O–H groups in total. The van der Waals surface area contributed by atoms with Gasteiger partial charge in [0, 0.05) is 25.6 Å². The van der Waals surface area contributed by atoms with Crippen molar-refractivity contribution in [3.05, 3.63) is 113 Å². The fraction of sp³-hybridized carbons (Fsp3) is 0.194. The second-order valence-electron chi connectivity index (χ2n) is 10.0. The number of imide groups is 1. The van der Waals surface area contributed by atoms with Gasteiger partial charge < -0.3 is 14.9 Å². The van der Waals surface area contributed by atoms with Crippen LogP contribution < -0.4 is 5.32 Å². The molecule has 6 rings (SSSR count). The molecule has 1 aromatic heterocycles. The molecule has 41 heavy (non-hydrogen) atoms. The fourth-order valence-corrected chi connectivity index (χ4v) is 5.45. The number of aromatic nitrogens is 2. The lowest BCUT2D eigenvalue weighted by Gasteiger charge is -2.21. The van der Waals surface area contributed by atoms with Crippen LogP contribution in [0.3, 0.4) is 0 Å². The highest BCUT2D eigenvalue weighted by Crippen LogP contribution is 2.44. The van der Waals surface area contributed by atoms with E-state index in [0.29, 0.717) is 16.3 Å². The van der Waals surface area contributed by atoms with Crippen molar-refractivity contribution < 1.29 is 28.8 Å². The molecular weight excluding hydrogens is 524 g/mol. The Bertz CT molecular complexity index is 1630. The minimum Gasteiger partial charge on any atom is -0.449 e. The van der Waals surface area contributed by atoms with Gasteiger partial charge in [-0.25, -0.2) is 9.59 Å². The third-order valence-corrected chi connectivity index (χ3v) is 7.40. The number of rotatable bonds is 7. The smallest absolute Gasteiger partial charge is 0.407 e. The van der Waals surface area contributed by atoms with Gasteiger partial charge >= 0.3 is 12.1 Å². The zero-order chi connectivity index (χ0) is 28.7. The fourth-order valence-electron chi connectivity index (χ4n) is 5.45. The predicted octanol–water partition coefficient (Wildman–Crippen LogP) is 3.93. The van der Waals surface area contributed by atoms with Crippen molar-refractivity contribution in [2.75, 3.05) is 6.61 Å². The molecule has 1 unspecified atom stereocenters. The van der Waals surface area contributed by atoms with Crippen LogP contribution >= 0.6 is 0 Å². The number of carbonyl (C=O) groups excluding carboxylic acids is 4. The van der Waals surface area contributed by atoms with Crippen molar-refractivity contribution in [2.45, 2.75) is 25.3 Å². The number of hydrogen-bond donors (Lipinski definition) is 1. The molecule has 3 aromatic carbocycles. The monoisotopic (exact) mass is 550 g/mol. The molecule has 0 spiro atoms. The number of benzene rings is 3. The van der Waals surface area contributed by atoms with Crippen LogP contribution in [0.5, 0.6) is 0 Å². The number of nitrogens with one attached hydrogen (secondary N) is 1. The first-order chi connectivity index (χ1) is 19.8. The van der Waals surface area contributed by atoms with Crippen molar-refractivity contribution in [3.63, 3.8) is 0 Å². The summed E-state index contributed by atoms with van der Waals surface area (Å²) in [6, 6.07) is 20.8. The van der Waals surface area contributed by atoms with E-state index in [2.05, 4.69) is 10.4 Å². The summed E-state index contributed by atoms with van der Waals surface area (Å²) in [5.74, 6) is -2.67. The van der Waals surface area contributed by atoms with Gasteiger partial charge in [0.2, 0.25) is 0 Å². The SMILES string of the molecule is Cc1nn(C)cc1CC(NC(=O)OCC1c2ccccc2-c2ccccc21)C(=O)ON1C(=O)c2ccccc2C1=O. The zero-order valence-corrected chi connectivity index (χ0v) is 22.4. The molecule has 10 heteroatoms. The Balaban J connectivity index is 1.19. The van der Waals surface area contributed by atoms with Crippen molar-refractivity contribution >= 4 is 23.9 Å². The number of hydrogen-bond acceptors (Lipinski definition) is 7. The van der Waals surface area contributed by atoms with E-state index in [9.17, 15) is 19.2 Å². The van der Waals surface area contributed by atoms with Crippen LogP contribution in [0.25, 0.3) is 11.1 Å². The van der Waals surface area contributed by atoms with Crippen molar-refractivity contribution in [1.29, 1.82) is 0 Å². The lowest BCUT2D eigenvalue weighted by Crippen LogP contribution is -2.47. The van der Waals surface area contributed by atoms with Crippen molar-refractivity contribution in [2.24, 2.45) is 7.05 Å². The summed E-state index contributed by atoms with van der Waals surface area (Å²) < 4.78 is 7.22. The van der Waals surface area contributed by atoms with Crippen LogP contribution in [-0.2, 0) is 27.8 Å². The van der Waals surface area contributed by atoms with E-state index in [0.717, 1.165) is 22.3 Å². The molecule has 1 aliphatic carbocycles. The molecule has 206 valence electrons. The Morgan fingerprint density at radius 3 is 1.95 bits per heavy atom. The Kier molecular flexibility index (Phi) is 6.58. The molecule has 0 fully saturated rings. The summed E-state index contributed by atoms with van der Waals surface area (Å²) in [5.41, 5.74) is 5.88. The highest BCUT2D eigenvalue weighted by Gasteiger charge is 2.40. The van der Waals surface area contributed by atoms with E-state index in [-0.39, 0.29) is 30.1 Å². The number of amides is 3. The molecule has 0 saturated carbocycles. The van der Waals surface area contributed by atoms with Crippen LogP contribution in [0.1, 0.15) is 49.0 Å². The van der Waals surface area contributed by atoms with Gasteiger partial charge in [0.05, 0.1) is 16.8 Å². The molecule has 0 bridgehead atoms. The zero-order valence-electron chi connectivity index (χ0n) is 22.4. The molecule has 0 saturated heterocycles. The summed E-state index contributed by atoms with van der Waals surface area (Å²) in [6.07, 6.45) is 0.890. The predicted molar refractivity (Wildman–Crippen MR) is 147 cm³/mol. The number of fused-ring (bicyclic) bond motifs is 4. The minimum atomic E-state index is -1.27. The van der Waals surface area contributed by atoms with Crippen LogP contribution in [0.2, 0.25) is 0 Å². The van der Waals surface area contributed by atoms with E-state index in [4.69, 9.17) is 9.57 Å². The molecule has 3 amide bonds. The summed E-state index contributed by atoms with van der Waals surface area (Å²) in [7, 11) is 1.74. The highest BCUT2D eigenvalue weighted by molar-refractivity contribution is 6.21. The van der Waals surface area contributed by atoms with Gasteiger partial charge in [0.25, 0.3) is 11.8 Å². The normalized spacial score (nSPS) is 14.3. The van der Waals surface area contributed by atoms with Gasteiger partial charge in [-0.3, -0.25) is 14.3 Å². The lowest BCUT2D eigenvalue weighted by atomic mass is 9.98. The van der Waals surface area contributed by atoms with E-state index in [1.54, 1.807) is 37.0 Å². The van der Waals surface area contributed by atoms with Crippen LogP contribution in [0.4, 0.5) is 4.79 Å². The maximum absolute atomic E-state index is 13.3. The maximum Gasteiger partial charge on any atom is 0.407 e. The van der Waals surface area contributed by atoms with Gasteiger partial charge in [-0.15, -0.1) is 0 Å². The van der Waals surface area contributed by atoms with Crippen LogP contribution in [-0.4, -0.2) is 51.4 Å². The van der Waals surface area contributed by atoms with E-state index in [1.165, 1.54) is 12.1 Å². The second-order valence-corrected chi connectivity index (χ2v) is 10.0. The minimum absolute atomic E-state index is 0.00582. The second kappa shape index (κ2) is 10.4. The molecule has 1 aliphatic heterocycles. The Labute approximate surface area is 235 Å². The van der Waals surface area contributed by atoms with Crippen molar-refractivity contribution in [3.8, 4) is 11.1 Å². The molecule has 10 nitrogen and oxygen atoms in total. The van der Waals surface area contributed by atoms with Gasteiger partial charge in [0.15, 0.2) is 0 Å². The highest BCUT2D eigenvalue weighted by atomic mass is 16.7. The van der Waals surface area contributed by atoms with E-state index < -0.39 is 29.9 Å². The number of aryl methyl sites for hydroxylation is 2. The summed E-state index contributed by atoms with van der Waals surface area (Å²) >= 11 is 0. The molecule has 2 aliphatic rings. The first-order valence-electron chi connectivity index (χ1n) is 13.1. The third-order valence-electron chi connectivity index (χ3n) is 7.40. The molecule has 1 atom stereocenters. The quantitative estimate of drug-likeness (QED) is 0.346. The Morgan fingerprint density at radius 1 is 0.878 bits per heavy atom. The summed E-state index contributed by atoms with van der Waals surface area (Å²) in [4.78, 5) is 57.2. The van der Waals surface area contributed by atoms with Gasteiger partial charge in [-0.1, -0.05) is 65.7 Å². The molecule has 2 heterocycles. The van der Waals surface area contributed by atoms with E-state index in [1.807, 2.05) is 48.5 Å². The largest absolute Gasteiger partial charge is 0.449 e. The molecule has 4 aromatic rings. The van der Waals surface area contributed by atoms with Crippen molar-refractivity contribution in [1.82, 2.24) is 20.2 Å². The first kappa shape index (κ1) is 26.0. The average Bonchev–Trinajstić information content (AvgIpc) is 3.56. The number of carbonyl (C=O) groups is 4. The summed E-state index contributed by atoms with van der Waals surface area (Å²) in [6.45, 7) is 1.82. The molecule has 0 radical (unpaired) electrons. The third kappa shape index (κ3) is 4.73. The van der Waals surface area contributed by atoms with Gasteiger partial charge in [0.1, 0.15) is 12.6 Å². The van der Waals surface area contributed by atoms with E-state index >= 15 is 0 Å². The lowest BCUT2D eigenvalue weighted by molar-refractivity contribution is -0.171. The van der Waals surface area contributed by atoms with Gasteiger partial charge in [-0.05, 0) is 46.9 Å². The Hall–Kier alpha value is -5.25. The maximum atomic E-state index is 13.3. The number of nitrogens with zero attached hydrogens (tertiary/aromatic N) is 3. The van der Waals surface area contributed by atoms with Crippen LogP contribution in [0.15, 0.2) is 79.0 Å². The van der Waals surface area contributed by atoms with Crippen LogP contribution in [0, 0.1) is 6.92 Å². The number of ether oxygens (including phenoxy) is 1. The molecular formula is C31H26N4O6. The number of hydroxylamine groups is 2. The standard InChI is InChI=1S/C31H26N4O6/c1-18-19(16-34(2)33-18)15-27(30(38)41-35-28(36)24-13-7-8-14-25(24)29(35)37)32-31(39)40-17-26-22-11-5-3-9-20(22)21-10-4-6-12-23(21)26/h3-14,16,26-27H,15,17H2,1-2H3,(H,32,39). The number of alkyl carbamates (subject to hydrolysis) is 1. The average molecular weight is 551 g/mol. The first-order valence-corrected chi connectivity index (χ1v) is 13.1. The summed E-state index contributed by atoms with van der Waals surface area (Å²) in [5, 5.41) is 7.29.